The van der Waals surface area contributed by atoms with Gasteiger partial charge in [0, 0.05) is 40.5 Å². The average Bonchev–Trinajstić information content (AvgIpc) is 3.24. The summed E-state index contributed by atoms with van der Waals surface area (Å²) in [5.41, 5.74) is -0.402. The fraction of sp³-hybridized carbons (Fsp3) is 0.867. The molecule has 1 aliphatic rings. The summed E-state index contributed by atoms with van der Waals surface area (Å²) in [4.78, 5) is 16.3. The molecule has 1 aromatic heterocycles. The number of carbonyl (C=O) groups excluding carboxylic acids is 1. The second kappa shape index (κ2) is 9.07. The highest BCUT2D eigenvalue weighted by atomic mass is 16.5. The van der Waals surface area contributed by atoms with E-state index >= 15 is 0 Å². The first-order valence-electron chi connectivity index (χ1n) is 8.50. The van der Waals surface area contributed by atoms with Gasteiger partial charge < -0.3 is 19.7 Å². The largest absolute Gasteiger partial charge is 0.385 e. The van der Waals surface area contributed by atoms with Crippen molar-refractivity contribution in [2.24, 2.45) is 0 Å². The van der Waals surface area contributed by atoms with Crippen molar-refractivity contribution in [3.8, 4) is 0 Å². The fourth-order valence-electron chi connectivity index (χ4n) is 3.10. The Morgan fingerprint density at radius 2 is 2.08 bits per heavy atom. The second-order valence-corrected chi connectivity index (χ2v) is 6.39. The number of urea groups is 1. The zero-order valence-electron chi connectivity index (χ0n) is 15.6. The zero-order chi connectivity index (χ0) is 18.3. The van der Waals surface area contributed by atoms with Crippen LogP contribution < -0.4 is 5.32 Å². The Labute approximate surface area is 148 Å². The number of hydrogen-bond donors (Lipinski definition) is 1. The van der Waals surface area contributed by atoms with Crippen molar-refractivity contribution in [1.82, 2.24) is 35.3 Å². The highest BCUT2D eigenvalue weighted by Gasteiger charge is 2.47. The van der Waals surface area contributed by atoms with Gasteiger partial charge in [-0.1, -0.05) is 0 Å². The summed E-state index contributed by atoms with van der Waals surface area (Å²) in [6.45, 7) is 3.55. The molecule has 10 heteroatoms. The Morgan fingerprint density at radius 1 is 1.32 bits per heavy atom. The standard InChI is InChI=1S/C15H29N7O3/c1-20(2)15(13-17-18-19-22(13)9-11-25-4)6-8-21(12-15)14(23)16-7-5-10-24-3/h5-12H2,1-4H3,(H,16,23). The topological polar surface area (TPSA) is 97.6 Å². The molecule has 1 atom stereocenters. The van der Waals surface area contributed by atoms with E-state index < -0.39 is 5.54 Å². The molecule has 1 unspecified atom stereocenters. The lowest BCUT2D eigenvalue weighted by molar-refractivity contribution is 0.130. The number of tetrazole rings is 1. The maximum absolute atomic E-state index is 12.4. The second-order valence-electron chi connectivity index (χ2n) is 6.39. The molecule has 0 spiro atoms. The molecule has 1 N–H and O–H groups in total. The predicted molar refractivity (Wildman–Crippen MR) is 91.1 cm³/mol. The third kappa shape index (κ3) is 4.44. The van der Waals surface area contributed by atoms with Crippen LogP contribution in [0.1, 0.15) is 18.7 Å². The third-order valence-corrected chi connectivity index (χ3v) is 4.65. The minimum absolute atomic E-state index is 0.0595. The molecule has 0 radical (unpaired) electrons. The van der Waals surface area contributed by atoms with Gasteiger partial charge in [0.1, 0.15) is 5.54 Å². The van der Waals surface area contributed by atoms with Crippen molar-refractivity contribution >= 4 is 6.03 Å². The van der Waals surface area contributed by atoms with Crippen LogP contribution >= 0.6 is 0 Å². The molecule has 142 valence electrons. The maximum atomic E-state index is 12.4. The number of nitrogens with zero attached hydrogens (tertiary/aromatic N) is 6. The minimum atomic E-state index is -0.402. The lowest BCUT2D eigenvalue weighted by Crippen LogP contribution is -2.48. The summed E-state index contributed by atoms with van der Waals surface area (Å²) in [6.07, 6.45) is 1.57. The molecular formula is C15H29N7O3. The van der Waals surface area contributed by atoms with Crippen LogP contribution in [0.3, 0.4) is 0 Å². The van der Waals surface area contributed by atoms with Gasteiger partial charge in [-0.3, -0.25) is 4.90 Å². The van der Waals surface area contributed by atoms with E-state index in [-0.39, 0.29) is 6.03 Å². The quantitative estimate of drug-likeness (QED) is 0.598. The van der Waals surface area contributed by atoms with Crippen molar-refractivity contribution in [3.05, 3.63) is 5.82 Å². The van der Waals surface area contributed by atoms with Crippen LogP contribution in [-0.2, 0) is 21.6 Å². The van der Waals surface area contributed by atoms with Crippen molar-refractivity contribution < 1.29 is 14.3 Å². The molecule has 2 rings (SSSR count). The van der Waals surface area contributed by atoms with Crippen molar-refractivity contribution in [3.63, 3.8) is 0 Å². The Kier molecular flexibility index (Phi) is 7.09. The van der Waals surface area contributed by atoms with Crippen LogP contribution in [0.15, 0.2) is 0 Å². The Balaban J connectivity index is 2.07. The molecule has 0 bridgehead atoms. The Morgan fingerprint density at radius 3 is 2.76 bits per heavy atom. The van der Waals surface area contributed by atoms with Gasteiger partial charge in [0.25, 0.3) is 0 Å². The van der Waals surface area contributed by atoms with E-state index in [0.717, 1.165) is 18.7 Å². The monoisotopic (exact) mass is 355 g/mol. The van der Waals surface area contributed by atoms with Crippen LogP contribution in [0.2, 0.25) is 0 Å². The van der Waals surface area contributed by atoms with E-state index in [1.54, 1.807) is 18.9 Å². The molecule has 1 saturated heterocycles. The van der Waals surface area contributed by atoms with Crippen LogP contribution in [0.25, 0.3) is 0 Å². The molecule has 2 amide bonds. The molecule has 25 heavy (non-hydrogen) atoms. The van der Waals surface area contributed by atoms with E-state index in [1.807, 2.05) is 19.0 Å². The molecule has 1 aromatic rings. The van der Waals surface area contributed by atoms with Gasteiger partial charge in [0.15, 0.2) is 5.82 Å². The van der Waals surface area contributed by atoms with Gasteiger partial charge in [0.05, 0.1) is 13.2 Å². The van der Waals surface area contributed by atoms with Crippen molar-refractivity contribution in [1.29, 1.82) is 0 Å². The number of rotatable bonds is 9. The molecule has 10 nitrogen and oxygen atoms in total. The van der Waals surface area contributed by atoms with Gasteiger partial charge in [-0.25, -0.2) is 9.48 Å². The van der Waals surface area contributed by atoms with E-state index in [2.05, 4.69) is 25.7 Å². The smallest absolute Gasteiger partial charge is 0.317 e. The summed E-state index contributed by atoms with van der Waals surface area (Å²) >= 11 is 0. The zero-order valence-corrected chi connectivity index (χ0v) is 15.6. The van der Waals surface area contributed by atoms with Gasteiger partial charge in [0.2, 0.25) is 0 Å². The molecule has 1 fully saturated rings. The molecule has 0 aromatic carbocycles. The first kappa shape index (κ1) is 19.5. The van der Waals surface area contributed by atoms with Gasteiger partial charge in [-0.2, -0.15) is 0 Å². The number of carbonyl (C=O) groups is 1. The van der Waals surface area contributed by atoms with Gasteiger partial charge >= 0.3 is 6.03 Å². The fourth-order valence-corrected chi connectivity index (χ4v) is 3.10. The number of ether oxygens (including phenoxy) is 2. The number of amides is 2. The third-order valence-electron chi connectivity index (χ3n) is 4.65. The number of hydrogen-bond acceptors (Lipinski definition) is 7. The highest BCUT2D eigenvalue weighted by molar-refractivity contribution is 5.74. The number of likely N-dealkylation sites (tertiary alicyclic amines) is 1. The Bertz CT molecular complexity index is 551. The lowest BCUT2D eigenvalue weighted by atomic mass is 9.96. The highest BCUT2D eigenvalue weighted by Crippen LogP contribution is 2.35. The van der Waals surface area contributed by atoms with Crippen LogP contribution in [0, 0.1) is 0 Å². The van der Waals surface area contributed by atoms with Crippen molar-refractivity contribution in [2.75, 3.05) is 61.2 Å². The molecular weight excluding hydrogens is 326 g/mol. The molecule has 2 heterocycles. The average molecular weight is 355 g/mol. The number of aromatic nitrogens is 4. The molecule has 0 saturated carbocycles. The van der Waals surface area contributed by atoms with E-state index in [0.29, 0.717) is 39.4 Å². The first-order chi connectivity index (χ1) is 12.0. The summed E-state index contributed by atoms with van der Waals surface area (Å²) in [5, 5.41) is 15.1. The first-order valence-corrected chi connectivity index (χ1v) is 8.50. The van der Waals surface area contributed by atoms with Gasteiger partial charge in [-0.05, 0) is 37.4 Å². The van der Waals surface area contributed by atoms with Crippen LogP contribution in [0.5, 0.6) is 0 Å². The molecule has 1 aliphatic heterocycles. The maximum Gasteiger partial charge on any atom is 0.317 e. The van der Waals surface area contributed by atoms with E-state index in [4.69, 9.17) is 9.47 Å². The SMILES string of the molecule is COCCCNC(=O)N1CCC(c2nnnn2CCOC)(N(C)C)C1. The van der Waals surface area contributed by atoms with E-state index in [1.165, 1.54) is 0 Å². The minimum Gasteiger partial charge on any atom is -0.385 e. The number of methoxy groups -OCH3 is 2. The number of nitrogens with one attached hydrogen (secondary N) is 1. The van der Waals surface area contributed by atoms with Crippen LogP contribution in [-0.4, -0.2) is 97.2 Å². The summed E-state index contributed by atoms with van der Waals surface area (Å²) in [7, 11) is 7.29. The van der Waals surface area contributed by atoms with Crippen LogP contribution in [0.4, 0.5) is 4.79 Å². The van der Waals surface area contributed by atoms with Crippen molar-refractivity contribution in [2.45, 2.75) is 24.9 Å². The summed E-state index contributed by atoms with van der Waals surface area (Å²) < 4.78 is 11.9. The lowest BCUT2D eigenvalue weighted by Gasteiger charge is -2.34. The number of likely N-dealkylation sites (N-methyl/N-ethyl adjacent to an activating group) is 1. The summed E-state index contributed by atoms with van der Waals surface area (Å²) in [6, 6.07) is -0.0595. The normalized spacial score (nSPS) is 20.4. The summed E-state index contributed by atoms with van der Waals surface area (Å²) in [5.74, 6) is 0.768. The predicted octanol–water partition coefficient (Wildman–Crippen LogP) is -0.472. The van der Waals surface area contributed by atoms with E-state index in [9.17, 15) is 4.79 Å². The van der Waals surface area contributed by atoms with Gasteiger partial charge in [-0.15, -0.1) is 5.10 Å². The Hall–Kier alpha value is -1.78. The molecule has 0 aliphatic carbocycles.